The Hall–Kier alpha value is -1.74. The zero-order valence-electron chi connectivity index (χ0n) is 20.5. The van der Waals surface area contributed by atoms with Gasteiger partial charge in [-0.2, -0.15) is 0 Å². The molecule has 0 fully saturated rings. The average Bonchev–Trinajstić information content (AvgIpc) is 2.52. The normalized spacial score (nSPS) is 9.18. The minimum absolute atomic E-state index is 0. The quantitative estimate of drug-likeness (QED) is 0.302. The number of carboxylic acids is 3. The molecule has 0 aromatic heterocycles. The minimum atomic E-state index is -1.28. The summed E-state index contributed by atoms with van der Waals surface area (Å²) in [5, 5.41) is 37.8. The second kappa shape index (κ2) is 26.5. The van der Waals surface area contributed by atoms with Crippen LogP contribution < -0.4 is 15.3 Å². The van der Waals surface area contributed by atoms with Crippen LogP contribution in [0, 0.1) is 0 Å². The van der Waals surface area contributed by atoms with Crippen molar-refractivity contribution in [2.24, 2.45) is 0 Å². The number of aliphatic carboxylic acids is 3. The van der Waals surface area contributed by atoms with Gasteiger partial charge >= 0.3 is 26.2 Å². The fourth-order valence-electron chi connectivity index (χ4n) is 1.58. The molecule has 0 saturated heterocycles. The first-order valence-corrected chi connectivity index (χ1v) is 10.4. The summed E-state index contributed by atoms with van der Waals surface area (Å²) in [5.74, 6) is -4.61. The Morgan fingerprint density at radius 3 is 0.818 bits per heavy atom. The SMILES string of the molecule is CC(C)(C)O.CCCC(=O)CC(=O)[O-].CCCC(=O)CC(=O)[O-].CCCC(=O)CC(=O)[O-].[Zr+3]. The van der Waals surface area contributed by atoms with E-state index >= 15 is 0 Å². The topological polar surface area (TPSA) is 192 Å². The monoisotopic (exact) mass is 551 g/mol. The number of hydrogen-bond acceptors (Lipinski definition) is 10. The maximum Gasteiger partial charge on any atom is 3.00 e. The van der Waals surface area contributed by atoms with Crippen LogP contribution in [0.1, 0.15) is 99.3 Å². The molecule has 33 heavy (non-hydrogen) atoms. The molecule has 0 unspecified atom stereocenters. The number of carboxylic acid groups (broad SMARTS) is 3. The Balaban J connectivity index is -0.000000107. The fraction of sp³-hybridized carbons (Fsp3) is 0.727. The van der Waals surface area contributed by atoms with E-state index in [1.165, 1.54) is 0 Å². The van der Waals surface area contributed by atoms with Crippen LogP contribution in [0.15, 0.2) is 0 Å². The molecule has 0 aromatic rings. The summed E-state index contributed by atoms with van der Waals surface area (Å²) in [6.07, 6.45) is 1.82. The Morgan fingerprint density at radius 1 is 0.576 bits per heavy atom. The van der Waals surface area contributed by atoms with Crippen LogP contribution in [-0.4, -0.2) is 46.0 Å². The number of aliphatic hydroxyl groups is 1. The van der Waals surface area contributed by atoms with Gasteiger partial charge in [-0.25, -0.2) is 0 Å². The van der Waals surface area contributed by atoms with Gasteiger partial charge in [-0.1, -0.05) is 20.8 Å². The van der Waals surface area contributed by atoms with Crippen molar-refractivity contribution in [3.05, 3.63) is 0 Å². The van der Waals surface area contributed by atoms with E-state index in [4.69, 9.17) is 5.11 Å². The molecular weight excluding hydrogens is 515 g/mol. The van der Waals surface area contributed by atoms with Crippen molar-refractivity contribution in [2.45, 2.75) is 105 Å². The number of ketones is 3. The molecule has 10 nitrogen and oxygen atoms in total. The van der Waals surface area contributed by atoms with Crippen molar-refractivity contribution in [2.75, 3.05) is 0 Å². The van der Waals surface area contributed by atoms with Gasteiger partial charge in [0.2, 0.25) is 0 Å². The summed E-state index contributed by atoms with van der Waals surface area (Å²) < 4.78 is 0. The van der Waals surface area contributed by atoms with Gasteiger partial charge in [0.25, 0.3) is 0 Å². The molecule has 0 atom stereocenters. The van der Waals surface area contributed by atoms with Gasteiger partial charge in [-0.05, 0) is 40.0 Å². The van der Waals surface area contributed by atoms with Crippen molar-refractivity contribution < 1.29 is 75.4 Å². The molecule has 1 N–H and O–H groups in total. The Labute approximate surface area is 215 Å². The first kappa shape index (κ1) is 41.5. The van der Waals surface area contributed by atoms with Gasteiger partial charge in [0.05, 0.1) is 5.60 Å². The number of carbonyl (C=O) groups is 6. The third-order valence-electron chi connectivity index (χ3n) is 2.61. The van der Waals surface area contributed by atoms with E-state index in [1.807, 2.05) is 20.8 Å². The molecule has 0 spiro atoms. The molecule has 189 valence electrons. The van der Waals surface area contributed by atoms with Crippen molar-refractivity contribution in [1.29, 1.82) is 0 Å². The number of carbonyl (C=O) groups excluding carboxylic acids is 6. The minimum Gasteiger partial charge on any atom is -0.550 e. The van der Waals surface area contributed by atoms with Crippen molar-refractivity contribution in [3.63, 3.8) is 0 Å². The first-order chi connectivity index (χ1) is 14.5. The summed E-state index contributed by atoms with van der Waals surface area (Å²) in [4.78, 5) is 60.6. The van der Waals surface area contributed by atoms with Crippen LogP contribution in [0.5, 0.6) is 0 Å². The van der Waals surface area contributed by atoms with Crippen LogP contribution in [-0.2, 0) is 55.0 Å². The van der Waals surface area contributed by atoms with E-state index in [2.05, 4.69) is 0 Å². The maximum absolute atomic E-state index is 10.4. The largest absolute Gasteiger partial charge is 3.00 e. The molecule has 0 aliphatic carbocycles. The van der Waals surface area contributed by atoms with Crippen LogP contribution in [0.2, 0.25) is 0 Å². The molecular formula is C22H37O10Zr. The number of Topliss-reactive ketones (excluding diaryl/α,β-unsaturated/α-hetero) is 3. The predicted molar refractivity (Wildman–Crippen MR) is 111 cm³/mol. The maximum atomic E-state index is 10.4. The molecule has 0 bridgehead atoms. The second-order valence-corrected chi connectivity index (χ2v) is 7.68. The van der Waals surface area contributed by atoms with Gasteiger partial charge in [0.1, 0.15) is 17.3 Å². The van der Waals surface area contributed by atoms with E-state index in [-0.39, 0.29) is 43.6 Å². The molecule has 0 aliphatic heterocycles. The van der Waals surface area contributed by atoms with Crippen LogP contribution in [0.4, 0.5) is 0 Å². The number of hydrogen-bond donors (Lipinski definition) is 1. The predicted octanol–water partition coefficient (Wildman–Crippen LogP) is -0.738. The summed E-state index contributed by atoms with van der Waals surface area (Å²) in [6.45, 7) is 10.7. The Bertz CT molecular complexity index is 503. The van der Waals surface area contributed by atoms with E-state index in [0.717, 1.165) is 0 Å². The van der Waals surface area contributed by atoms with Gasteiger partial charge in [0.15, 0.2) is 0 Å². The zero-order valence-corrected chi connectivity index (χ0v) is 22.9. The van der Waals surface area contributed by atoms with Gasteiger partial charge < -0.3 is 34.8 Å². The van der Waals surface area contributed by atoms with Crippen LogP contribution in [0.3, 0.4) is 0 Å². The molecule has 0 saturated carbocycles. The third kappa shape index (κ3) is 65.1. The van der Waals surface area contributed by atoms with E-state index < -0.39 is 42.8 Å². The van der Waals surface area contributed by atoms with Gasteiger partial charge in [-0.3, -0.25) is 14.4 Å². The standard InChI is InChI=1S/3C6H10O3.C4H10O.Zr/c3*1-2-3-5(7)4-6(8)9;1-4(2,3)5;/h3*2-4H2,1H3,(H,8,9);5H,1-3H3;/q;;;;+3/p-3. The van der Waals surface area contributed by atoms with E-state index in [1.54, 1.807) is 20.8 Å². The fourth-order valence-corrected chi connectivity index (χ4v) is 1.58. The molecule has 0 amide bonds. The molecule has 0 rings (SSSR count). The van der Waals surface area contributed by atoms with Crippen LogP contribution >= 0.6 is 0 Å². The van der Waals surface area contributed by atoms with Crippen molar-refractivity contribution >= 4 is 35.3 Å². The first-order valence-electron chi connectivity index (χ1n) is 10.4. The summed E-state index contributed by atoms with van der Waals surface area (Å²) in [7, 11) is 0. The van der Waals surface area contributed by atoms with E-state index in [9.17, 15) is 44.1 Å². The van der Waals surface area contributed by atoms with Crippen molar-refractivity contribution in [3.8, 4) is 0 Å². The van der Waals surface area contributed by atoms with Crippen molar-refractivity contribution in [1.82, 2.24) is 0 Å². The average molecular weight is 553 g/mol. The molecule has 1 radical (unpaired) electrons. The Kier molecular flexibility index (Phi) is 33.4. The van der Waals surface area contributed by atoms with Crippen LogP contribution in [0.25, 0.3) is 0 Å². The third-order valence-corrected chi connectivity index (χ3v) is 2.61. The molecule has 11 heteroatoms. The zero-order chi connectivity index (χ0) is 26.3. The van der Waals surface area contributed by atoms with Gasteiger partial charge in [0, 0.05) is 56.4 Å². The summed E-state index contributed by atoms with van der Waals surface area (Å²) >= 11 is 0. The Morgan fingerprint density at radius 2 is 0.727 bits per heavy atom. The molecule has 0 heterocycles. The smallest absolute Gasteiger partial charge is 0.550 e. The molecule has 0 aromatic carbocycles. The second-order valence-electron chi connectivity index (χ2n) is 7.68. The summed E-state index contributed by atoms with van der Waals surface area (Å²) in [6, 6.07) is 0. The van der Waals surface area contributed by atoms with E-state index in [0.29, 0.717) is 38.5 Å². The molecule has 0 aliphatic rings. The number of rotatable bonds is 12. The van der Waals surface area contributed by atoms with Gasteiger partial charge in [-0.15, -0.1) is 0 Å². The summed E-state index contributed by atoms with van der Waals surface area (Å²) in [5.41, 5.74) is -0.500.